The van der Waals surface area contributed by atoms with E-state index < -0.39 is 11.8 Å². The highest BCUT2D eigenvalue weighted by Gasteiger charge is 2.23. The Balaban J connectivity index is 2.03. The van der Waals surface area contributed by atoms with Crippen molar-refractivity contribution in [1.29, 1.82) is 0 Å². The van der Waals surface area contributed by atoms with Gasteiger partial charge in [0.25, 0.3) is 0 Å². The second-order valence-electron chi connectivity index (χ2n) is 4.43. The second kappa shape index (κ2) is 6.26. The largest absolute Gasteiger partial charge is 0.334 e. The van der Waals surface area contributed by atoms with Crippen molar-refractivity contribution in [3.05, 3.63) is 28.2 Å². The van der Waals surface area contributed by atoms with Crippen LogP contribution in [0.4, 0.5) is 5.69 Å². The van der Waals surface area contributed by atoms with Crippen molar-refractivity contribution in [3.63, 3.8) is 0 Å². The van der Waals surface area contributed by atoms with Crippen molar-refractivity contribution in [2.75, 3.05) is 18.4 Å². The number of halogens is 2. The topological polar surface area (TPSA) is 49.4 Å². The molecule has 1 N–H and O–H groups in total. The van der Waals surface area contributed by atoms with Gasteiger partial charge < -0.3 is 10.2 Å². The molecule has 0 spiro atoms. The quantitative estimate of drug-likeness (QED) is 0.811. The van der Waals surface area contributed by atoms with Crippen LogP contribution in [0.5, 0.6) is 0 Å². The van der Waals surface area contributed by atoms with E-state index in [2.05, 4.69) is 5.32 Å². The number of hydrogen-bond acceptors (Lipinski definition) is 2. The minimum atomic E-state index is -0.675. The van der Waals surface area contributed by atoms with Crippen molar-refractivity contribution < 1.29 is 9.59 Å². The highest BCUT2D eigenvalue weighted by atomic mass is 35.5. The molecule has 0 unspecified atom stereocenters. The second-order valence-corrected chi connectivity index (χ2v) is 5.27. The summed E-state index contributed by atoms with van der Waals surface area (Å²) >= 11 is 11.8. The van der Waals surface area contributed by atoms with Gasteiger partial charge in [-0.1, -0.05) is 23.2 Å². The first-order valence-corrected chi connectivity index (χ1v) is 6.89. The molecule has 102 valence electrons. The van der Waals surface area contributed by atoms with Crippen LogP contribution in [0.3, 0.4) is 0 Å². The number of hydrogen-bond donors (Lipinski definition) is 1. The van der Waals surface area contributed by atoms with Crippen LogP contribution in [0.2, 0.25) is 10.0 Å². The zero-order valence-corrected chi connectivity index (χ0v) is 11.8. The lowest BCUT2D eigenvalue weighted by atomic mass is 10.1. The third-order valence-corrected chi connectivity index (χ3v) is 3.58. The molecule has 0 atom stereocenters. The Kier molecular flexibility index (Phi) is 4.66. The number of nitrogens with zero attached hydrogens (tertiary/aromatic N) is 1. The number of nitrogens with one attached hydrogen (secondary N) is 1. The van der Waals surface area contributed by atoms with Crippen molar-refractivity contribution >= 4 is 40.7 Å². The third kappa shape index (κ3) is 3.61. The average molecular weight is 301 g/mol. The van der Waals surface area contributed by atoms with E-state index in [1.165, 1.54) is 6.07 Å². The average Bonchev–Trinajstić information content (AvgIpc) is 2.43. The predicted molar refractivity (Wildman–Crippen MR) is 75.5 cm³/mol. The van der Waals surface area contributed by atoms with Gasteiger partial charge in [-0.3, -0.25) is 9.59 Å². The molecule has 1 aliphatic heterocycles. The Morgan fingerprint density at radius 3 is 2.47 bits per heavy atom. The molecule has 1 fully saturated rings. The molecule has 0 aliphatic carbocycles. The van der Waals surface area contributed by atoms with E-state index >= 15 is 0 Å². The summed E-state index contributed by atoms with van der Waals surface area (Å²) in [6.07, 6.45) is 2.99. The van der Waals surface area contributed by atoms with Crippen molar-refractivity contribution in [1.82, 2.24) is 4.90 Å². The summed E-state index contributed by atoms with van der Waals surface area (Å²) in [4.78, 5) is 25.4. The Morgan fingerprint density at radius 2 is 1.79 bits per heavy atom. The molecule has 0 saturated carbocycles. The Hall–Kier alpha value is -1.26. The van der Waals surface area contributed by atoms with E-state index in [9.17, 15) is 9.59 Å². The van der Waals surface area contributed by atoms with Crippen molar-refractivity contribution in [3.8, 4) is 0 Å². The van der Waals surface area contributed by atoms with Gasteiger partial charge in [-0.2, -0.15) is 0 Å². The number of amides is 2. The number of rotatable bonds is 1. The molecule has 0 aromatic heterocycles. The number of carbonyl (C=O) groups is 2. The van der Waals surface area contributed by atoms with Crippen molar-refractivity contribution in [2.24, 2.45) is 0 Å². The standard InChI is InChI=1S/C13H14Cl2N2O2/c14-9-4-5-10(15)11(8-9)16-12(18)13(19)17-6-2-1-3-7-17/h4-5,8H,1-3,6-7H2,(H,16,18). The molecule has 1 heterocycles. The fraction of sp³-hybridized carbons (Fsp3) is 0.385. The van der Waals surface area contributed by atoms with Crippen LogP contribution in [0.25, 0.3) is 0 Å². The molecule has 1 saturated heterocycles. The smallest absolute Gasteiger partial charge is 0.313 e. The Labute approximate surface area is 121 Å². The molecule has 19 heavy (non-hydrogen) atoms. The highest BCUT2D eigenvalue weighted by molar-refractivity contribution is 6.42. The minimum Gasteiger partial charge on any atom is -0.334 e. The van der Waals surface area contributed by atoms with Gasteiger partial charge in [-0.05, 0) is 37.5 Å². The van der Waals surface area contributed by atoms with E-state index in [0.717, 1.165) is 19.3 Å². The lowest BCUT2D eigenvalue weighted by Crippen LogP contribution is -2.42. The van der Waals surface area contributed by atoms with Crippen LogP contribution < -0.4 is 5.32 Å². The molecule has 2 rings (SSSR count). The summed E-state index contributed by atoms with van der Waals surface area (Å²) in [6.45, 7) is 1.27. The normalized spacial score (nSPS) is 15.2. The zero-order valence-electron chi connectivity index (χ0n) is 10.3. The Bertz CT molecular complexity index is 499. The lowest BCUT2D eigenvalue weighted by molar-refractivity contribution is -0.143. The first-order valence-electron chi connectivity index (χ1n) is 6.13. The highest BCUT2D eigenvalue weighted by Crippen LogP contribution is 2.25. The van der Waals surface area contributed by atoms with Crippen LogP contribution in [0.15, 0.2) is 18.2 Å². The fourth-order valence-corrected chi connectivity index (χ4v) is 2.35. The maximum absolute atomic E-state index is 11.9. The fourth-order valence-electron chi connectivity index (χ4n) is 2.01. The predicted octanol–water partition coefficient (Wildman–Crippen LogP) is 2.94. The maximum Gasteiger partial charge on any atom is 0.313 e. The van der Waals surface area contributed by atoms with Gasteiger partial charge in [-0.15, -0.1) is 0 Å². The van der Waals surface area contributed by atoms with Crippen LogP contribution >= 0.6 is 23.2 Å². The number of carbonyl (C=O) groups excluding carboxylic acids is 2. The summed E-state index contributed by atoms with van der Waals surface area (Å²) in [6, 6.07) is 4.71. The molecule has 1 aromatic rings. The van der Waals surface area contributed by atoms with E-state index in [0.29, 0.717) is 28.8 Å². The van der Waals surface area contributed by atoms with Gasteiger partial charge in [0, 0.05) is 18.1 Å². The van der Waals surface area contributed by atoms with E-state index in [4.69, 9.17) is 23.2 Å². The minimum absolute atomic E-state index is 0.351. The van der Waals surface area contributed by atoms with E-state index in [-0.39, 0.29) is 0 Å². The van der Waals surface area contributed by atoms with Crippen LogP contribution in [-0.4, -0.2) is 29.8 Å². The summed E-state index contributed by atoms with van der Waals surface area (Å²) in [7, 11) is 0. The van der Waals surface area contributed by atoms with Gasteiger partial charge in [0.2, 0.25) is 0 Å². The van der Waals surface area contributed by atoms with Gasteiger partial charge in [0.15, 0.2) is 0 Å². The summed E-state index contributed by atoms with van der Waals surface area (Å²) < 4.78 is 0. The first kappa shape index (κ1) is 14.2. The maximum atomic E-state index is 11.9. The Morgan fingerprint density at radius 1 is 1.11 bits per heavy atom. The number of likely N-dealkylation sites (tertiary alicyclic amines) is 1. The summed E-state index contributed by atoms with van der Waals surface area (Å²) in [5.74, 6) is -1.19. The van der Waals surface area contributed by atoms with Gasteiger partial charge in [0.05, 0.1) is 10.7 Å². The lowest BCUT2D eigenvalue weighted by Gasteiger charge is -2.25. The molecular weight excluding hydrogens is 287 g/mol. The first-order chi connectivity index (χ1) is 9.08. The monoisotopic (exact) mass is 300 g/mol. The molecule has 0 bridgehead atoms. The van der Waals surface area contributed by atoms with Gasteiger partial charge in [-0.25, -0.2) is 0 Å². The molecule has 2 amide bonds. The van der Waals surface area contributed by atoms with Crippen LogP contribution in [0, 0.1) is 0 Å². The number of piperidine rings is 1. The number of benzene rings is 1. The molecule has 1 aromatic carbocycles. The summed E-state index contributed by atoms with van der Waals surface area (Å²) in [5, 5.41) is 3.30. The zero-order chi connectivity index (χ0) is 13.8. The van der Waals surface area contributed by atoms with E-state index in [1.807, 2.05) is 0 Å². The molecule has 0 radical (unpaired) electrons. The SMILES string of the molecule is O=C(Nc1cc(Cl)ccc1Cl)C(=O)N1CCCCC1. The molecule has 4 nitrogen and oxygen atoms in total. The van der Waals surface area contributed by atoms with Gasteiger partial charge in [0.1, 0.15) is 0 Å². The summed E-state index contributed by atoms with van der Waals surface area (Å²) in [5.41, 5.74) is 0.351. The number of anilines is 1. The molecule has 6 heteroatoms. The molecule has 1 aliphatic rings. The van der Waals surface area contributed by atoms with Crippen molar-refractivity contribution in [2.45, 2.75) is 19.3 Å². The third-order valence-electron chi connectivity index (χ3n) is 3.01. The van der Waals surface area contributed by atoms with Crippen LogP contribution in [-0.2, 0) is 9.59 Å². The molecular formula is C13H14Cl2N2O2. The van der Waals surface area contributed by atoms with Crippen LogP contribution in [0.1, 0.15) is 19.3 Å². The van der Waals surface area contributed by atoms with Gasteiger partial charge >= 0.3 is 11.8 Å². The van der Waals surface area contributed by atoms with E-state index in [1.54, 1.807) is 17.0 Å².